The van der Waals surface area contributed by atoms with E-state index in [-0.39, 0.29) is 21.3 Å². The minimum Gasteiger partial charge on any atom is -0.478 e. The SMILES string of the molecule is O=C(O)c1cc(F)nc(-c2c(Cl)cccc2Cl)c1. The summed E-state index contributed by atoms with van der Waals surface area (Å²) >= 11 is 11.9. The zero-order valence-electron chi connectivity index (χ0n) is 8.82. The molecule has 0 unspecified atom stereocenters. The molecule has 2 rings (SSSR count). The second-order valence-electron chi connectivity index (χ2n) is 3.47. The summed E-state index contributed by atoms with van der Waals surface area (Å²) in [7, 11) is 0. The molecule has 0 fully saturated rings. The molecule has 18 heavy (non-hydrogen) atoms. The van der Waals surface area contributed by atoms with Gasteiger partial charge in [0.05, 0.1) is 21.3 Å². The van der Waals surface area contributed by atoms with Gasteiger partial charge in [-0.15, -0.1) is 0 Å². The standard InChI is InChI=1S/C12H6Cl2FNO2/c13-7-2-1-3-8(14)11(7)9-4-6(12(17)18)5-10(15)16-9/h1-5H,(H,17,18). The molecule has 0 saturated carbocycles. The molecule has 0 spiro atoms. The first-order chi connectivity index (χ1) is 8.49. The van der Waals surface area contributed by atoms with Gasteiger partial charge in [-0.3, -0.25) is 0 Å². The van der Waals surface area contributed by atoms with Gasteiger partial charge in [0.15, 0.2) is 0 Å². The second-order valence-corrected chi connectivity index (χ2v) is 4.28. The van der Waals surface area contributed by atoms with Gasteiger partial charge in [-0.2, -0.15) is 4.39 Å². The zero-order valence-corrected chi connectivity index (χ0v) is 10.3. The monoisotopic (exact) mass is 285 g/mol. The number of halogens is 3. The van der Waals surface area contributed by atoms with Crippen molar-refractivity contribution < 1.29 is 14.3 Å². The Morgan fingerprint density at radius 1 is 1.22 bits per heavy atom. The van der Waals surface area contributed by atoms with E-state index < -0.39 is 11.9 Å². The molecular weight excluding hydrogens is 280 g/mol. The van der Waals surface area contributed by atoms with Gasteiger partial charge >= 0.3 is 5.97 Å². The number of nitrogens with zero attached hydrogens (tertiary/aromatic N) is 1. The molecule has 1 heterocycles. The molecule has 3 nitrogen and oxygen atoms in total. The van der Waals surface area contributed by atoms with Crippen molar-refractivity contribution in [3.05, 3.63) is 51.9 Å². The summed E-state index contributed by atoms with van der Waals surface area (Å²) in [5.41, 5.74) is 0.180. The van der Waals surface area contributed by atoms with E-state index in [4.69, 9.17) is 28.3 Å². The fraction of sp³-hybridized carbons (Fsp3) is 0. The largest absolute Gasteiger partial charge is 0.478 e. The van der Waals surface area contributed by atoms with E-state index in [1.165, 1.54) is 6.07 Å². The highest BCUT2D eigenvalue weighted by atomic mass is 35.5. The molecule has 0 radical (unpaired) electrons. The Labute approximate surface area is 112 Å². The van der Waals surface area contributed by atoms with Gasteiger partial charge < -0.3 is 5.11 Å². The Bertz CT molecular complexity index is 611. The maximum atomic E-state index is 13.3. The lowest BCUT2D eigenvalue weighted by Crippen LogP contribution is -2.00. The van der Waals surface area contributed by atoms with Crippen LogP contribution in [0.15, 0.2) is 30.3 Å². The third kappa shape index (κ3) is 2.44. The van der Waals surface area contributed by atoms with E-state index >= 15 is 0 Å². The summed E-state index contributed by atoms with van der Waals surface area (Å²) in [5, 5.41) is 9.41. The Hall–Kier alpha value is -1.65. The van der Waals surface area contributed by atoms with Crippen molar-refractivity contribution in [1.29, 1.82) is 0 Å². The molecular formula is C12H6Cl2FNO2. The van der Waals surface area contributed by atoms with Crippen molar-refractivity contribution in [1.82, 2.24) is 4.98 Å². The topological polar surface area (TPSA) is 50.2 Å². The van der Waals surface area contributed by atoms with E-state index in [0.29, 0.717) is 5.56 Å². The van der Waals surface area contributed by atoms with Crippen LogP contribution in [0.25, 0.3) is 11.3 Å². The third-order valence-corrected chi connectivity index (χ3v) is 2.89. The smallest absolute Gasteiger partial charge is 0.335 e. The lowest BCUT2D eigenvalue weighted by Gasteiger charge is -2.07. The predicted molar refractivity (Wildman–Crippen MR) is 66.6 cm³/mol. The number of benzene rings is 1. The van der Waals surface area contributed by atoms with Crippen LogP contribution >= 0.6 is 23.2 Å². The van der Waals surface area contributed by atoms with Crippen LogP contribution in [0.2, 0.25) is 10.0 Å². The molecule has 1 N–H and O–H groups in total. The first-order valence-corrected chi connectivity index (χ1v) is 5.60. The lowest BCUT2D eigenvalue weighted by molar-refractivity contribution is 0.0696. The minimum atomic E-state index is -1.25. The van der Waals surface area contributed by atoms with Gasteiger partial charge in [0.25, 0.3) is 0 Å². The highest BCUT2D eigenvalue weighted by molar-refractivity contribution is 6.39. The first-order valence-electron chi connectivity index (χ1n) is 4.84. The Morgan fingerprint density at radius 3 is 2.39 bits per heavy atom. The van der Waals surface area contributed by atoms with Crippen LogP contribution in [0.1, 0.15) is 10.4 Å². The van der Waals surface area contributed by atoms with Crippen LogP contribution in [0.5, 0.6) is 0 Å². The summed E-state index contributed by atoms with van der Waals surface area (Å²) in [6, 6.07) is 6.81. The van der Waals surface area contributed by atoms with Crippen molar-refractivity contribution >= 4 is 29.2 Å². The van der Waals surface area contributed by atoms with Gasteiger partial charge in [-0.1, -0.05) is 29.3 Å². The summed E-state index contributed by atoms with van der Waals surface area (Å²) in [5.74, 6) is -2.15. The highest BCUT2D eigenvalue weighted by Gasteiger charge is 2.14. The van der Waals surface area contributed by atoms with Crippen LogP contribution in [-0.4, -0.2) is 16.1 Å². The molecule has 92 valence electrons. The van der Waals surface area contributed by atoms with Crippen molar-refractivity contribution in [2.24, 2.45) is 0 Å². The summed E-state index contributed by atoms with van der Waals surface area (Å²) in [4.78, 5) is 14.5. The number of hydrogen-bond acceptors (Lipinski definition) is 2. The van der Waals surface area contributed by atoms with Crippen LogP contribution in [0.3, 0.4) is 0 Å². The molecule has 0 amide bonds. The number of carboxylic acid groups (broad SMARTS) is 1. The molecule has 1 aromatic heterocycles. The van der Waals surface area contributed by atoms with Gasteiger partial charge in [0, 0.05) is 11.6 Å². The van der Waals surface area contributed by atoms with Crippen LogP contribution < -0.4 is 0 Å². The molecule has 0 aliphatic rings. The molecule has 0 saturated heterocycles. The Morgan fingerprint density at radius 2 is 1.83 bits per heavy atom. The number of hydrogen-bond donors (Lipinski definition) is 1. The predicted octanol–water partition coefficient (Wildman–Crippen LogP) is 3.89. The van der Waals surface area contributed by atoms with Gasteiger partial charge in [0.1, 0.15) is 0 Å². The normalized spacial score (nSPS) is 10.4. The van der Waals surface area contributed by atoms with Crippen LogP contribution in [-0.2, 0) is 0 Å². The highest BCUT2D eigenvalue weighted by Crippen LogP contribution is 2.33. The Kier molecular flexibility index (Phi) is 3.50. The van der Waals surface area contributed by atoms with E-state index in [9.17, 15) is 9.18 Å². The van der Waals surface area contributed by atoms with E-state index in [2.05, 4.69) is 4.98 Å². The van der Waals surface area contributed by atoms with Gasteiger partial charge in [-0.25, -0.2) is 9.78 Å². The fourth-order valence-corrected chi connectivity index (χ4v) is 2.08. The Balaban J connectivity index is 2.68. The van der Waals surface area contributed by atoms with E-state index in [1.807, 2.05) is 0 Å². The third-order valence-electron chi connectivity index (χ3n) is 2.26. The van der Waals surface area contributed by atoms with Crippen molar-refractivity contribution in [2.45, 2.75) is 0 Å². The van der Waals surface area contributed by atoms with E-state index in [0.717, 1.165) is 6.07 Å². The van der Waals surface area contributed by atoms with Crippen molar-refractivity contribution in [3.8, 4) is 11.3 Å². The average molecular weight is 286 g/mol. The molecule has 0 bridgehead atoms. The summed E-state index contributed by atoms with van der Waals surface area (Å²) in [6.45, 7) is 0. The van der Waals surface area contributed by atoms with Gasteiger partial charge in [-0.05, 0) is 18.2 Å². The summed E-state index contributed by atoms with van der Waals surface area (Å²) < 4.78 is 13.3. The zero-order chi connectivity index (χ0) is 13.3. The molecule has 0 atom stereocenters. The quantitative estimate of drug-likeness (QED) is 0.852. The number of aromatic nitrogens is 1. The number of rotatable bonds is 2. The second kappa shape index (κ2) is 4.92. The number of aromatic carboxylic acids is 1. The molecule has 0 aliphatic heterocycles. The average Bonchev–Trinajstić information content (AvgIpc) is 2.28. The van der Waals surface area contributed by atoms with E-state index in [1.54, 1.807) is 18.2 Å². The maximum absolute atomic E-state index is 13.3. The number of pyridine rings is 1. The molecule has 2 aromatic rings. The van der Waals surface area contributed by atoms with Crippen molar-refractivity contribution in [2.75, 3.05) is 0 Å². The number of carbonyl (C=O) groups is 1. The lowest BCUT2D eigenvalue weighted by atomic mass is 10.1. The fourth-order valence-electron chi connectivity index (χ4n) is 1.49. The molecule has 0 aliphatic carbocycles. The van der Waals surface area contributed by atoms with Gasteiger partial charge in [0.2, 0.25) is 5.95 Å². The van der Waals surface area contributed by atoms with Crippen LogP contribution in [0, 0.1) is 5.95 Å². The minimum absolute atomic E-state index is 0.0861. The summed E-state index contributed by atoms with van der Waals surface area (Å²) in [6.07, 6.45) is 0. The number of carboxylic acids is 1. The molecule has 1 aromatic carbocycles. The van der Waals surface area contributed by atoms with Crippen molar-refractivity contribution in [3.63, 3.8) is 0 Å². The van der Waals surface area contributed by atoms with Crippen LogP contribution in [0.4, 0.5) is 4.39 Å². The maximum Gasteiger partial charge on any atom is 0.335 e. The molecule has 6 heteroatoms. The first kappa shape index (κ1) is 12.8.